The lowest BCUT2D eigenvalue weighted by Crippen LogP contribution is -2.45. The maximum atomic E-state index is 11.5. The number of carbonyl (C=O) groups excluding carboxylic acids is 1. The van der Waals surface area contributed by atoms with Gasteiger partial charge in [-0.15, -0.1) is 0 Å². The van der Waals surface area contributed by atoms with Crippen molar-refractivity contribution in [3.8, 4) is 0 Å². The van der Waals surface area contributed by atoms with Gasteiger partial charge in [-0.2, -0.15) is 0 Å². The van der Waals surface area contributed by atoms with Gasteiger partial charge in [0.2, 0.25) is 0 Å². The molecule has 2 aliphatic heterocycles. The van der Waals surface area contributed by atoms with Crippen LogP contribution in [0.3, 0.4) is 0 Å². The first-order valence-corrected chi connectivity index (χ1v) is 7.90. The quantitative estimate of drug-likeness (QED) is 0.700. The molecule has 2 fully saturated rings. The van der Waals surface area contributed by atoms with Gasteiger partial charge in [0.05, 0.1) is 18.3 Å². The molecule has 0 aromatic rings. The van der Waals surface area contributed by atoms with E-state index in [-0.39, 0.29) is 30.6 Å². The van der Waals surface area contributed by atoms with Crippen molar-refractivity contribution in [3.63, 3.8) is 0 Å². The van der Waals surface area contributed by atoms with Crippen molar-refractivity contribution in [2.24, 2.45) is 5.92 Å². The van der Waals surface area contributed by atoms with E-state index in [1.54, 1.807) is 6.92 Å². The highest BCUT2D eigenvalue weighted by Crippen LogP contribution is 2.49. The first-order chi connectivity index (χ1) is 10.3. The molecule has 6 atom stereocenters. The number of Topliss-reactive ketones (excluding diaryl/α,β-unsaturated/α-hetero) is 1. The molecule has 0 amide bonds. The van der Waals surface area contributed by atoms with Crippen LogP contribution in [0, 0.1) is 5.92 Å². The summed E-state index contributed by atoms with van der Waals surface area (Å²) < 4.78 is 11.9. The maximum absolute atomic E-state index is 11.5. The number of allylic oxidation sites excluding steroid dienone is 1. The normalized spacial score (nSPS) is 36.7. The highest BCUT2D eigenvalue weighted by atomic mass is 16.8. The third-order valence-electron chi connectivity index (χ3n) is 4.55. The molecule has 4 unspecified atom stereocenters. The van der Waals surface area contributed by atoms with Crippen LogP contribution < -0.4 is 0 Å². The van der Waals surface area contributed by atoms with Crippen molar-refractivity contribution in [2.75, 3.05) is 0 Å². The van der Waals surface area contributed by atoms with E-state index in [1.165, 1.54) is 0 Å². The smallest absolute Gasteiger partial charge is 0.196 e. The molecule has 0 radical (unpaired) electrons. The second kappa shape index (κ2) is 6.62. The van der Waals surface area contributed by atoms with Gasteiger partial charge in [-0.25, -0.2) is 0 Å². The van der Waals surface area contributed by atoms with Crippen LogP contribution in [0.5, 0.6) is 0 Å². The summed E-state index contributed by atoms with van der Waals surface area (Å²) in [5, 5.41) is 20.4. The number of ether oxygens (including phenoxy) is 2. The van der Waals surface area contributed by atoms with Crippen molar-refractivity contribution < 1.29 is 24.5 Å². The molecule has 0 aromatic carbocycles. The van der Waals surface area contributed by atoms with Crippen molar-refractivity contribution >= 4 is 5.78 Å². The molecule has 0 spiro atoms. The topological polar surface area (TPSA) is 76.0 Å². The zero-order valence-corrected chi connectivity index (χ0v) is 13.5. The minimum Gasteiger partial charge on any atom is -0.390 e. The van der Waals surface area contributed by atoms with E-state index in [0.29, 0.717) is 12.0 Å². The molecule has 2 heterocycles. The average molecular weight is 310 g/mol. The van der Waals surface area contributed by atoms with Gasteiger partial charge in [-0.05, 0) is 6.92 Å². The van der Waals surface area contributed by atoms with Gasteiger partial charge in [0.1, 0.15) is 11.9 Å². The van der Waals surface area contributed by atoms with Crippen LogP contribution in [-0.2, 0) is 14.3 Å². The number of fused-ring (bicyclic) bond motifs is 2. The van der Waals surface area contributed by atoms with Gasteiger partial charge in [0.25, 0.3) is 0 Å². The van der Waals surface area contributed by atoms with Crippen LogP contribution in [0.2, 0.25) is 0 Å². The average Bonchev–Trinajstić information content (AvgIpc) is 3.02. The van der Waals surface area contributed by atoms with Crippen molar-refractivity contribution in [3.05, 3.63) is 24.3 Å². The van der Waals surface area contributed by atoms with Crippen molar-refractivity contribution in [2.45, 2.75) is 70.2 Å². The van der Waals surface area contributed by atoms with Gasteiger partial charge in [0.15, 0.2) is 5.79 Å². The fourth-order valence-corrected chi connectivity index (χ4v) is 3.23. The van der Waals surface area contributed by atoms with E-state index in [0.717, 1.165) is 0 Å². The van der Waals surface area contributed by atoms with Crippen molar-refractivity contribution in [1.29, 1.82) is 0 Å². The summed E-state index contributed by atoms with van der Waals surface area (Å²) in [5.74, 6) is -1.15. The van der Waals surface area contributed by atoms with Crippen LogP contribution in [-0.4, -0.2) is 46.2 Å². The second-order valence-corrected chi connectivity index (χ2v) is 6.21. The Bertz CT molecular complexity index is 472. The Morgan fingerprint density at radius 1 is 1.50 bits per heavy atom. The predicted octanol–water partition coefficient (Wildman–Crippen LogP) is 1.73. The molecule has 2 aliphatic rings. The number of ketones is 1. The molecular formula is C17H26O5. The summed E-state index contributed by atoms with van der Waals surface area (Å²) in [4.78, 5) is 11.5. The van der Waals surface area contributed by atoms with Crippen LogP contribution >= 0.6 is 0 Å². The summed E-state index contributed by atoms with van der Waals surface area (Å²) in [7, 11) is 0. The van der Waals surface area contributed by atoms with E-state index in [9.17, 15) is 15.0 Å². The standard InChI is InChI=1S/C17H26O5/c1-5-7-10(3)15-16-14(20)9-17(21-15,22-16)11(4)13(19)8-12(18)6-2/h5,7,10,13-16,19-20H,4,6,8-9H2,1-3H3/b7-5-/t10?,13?,14?,15?,16-,17-/m0/s1. The largest absolute Gasteiger partial charge is 0.390 e. The molecule has 2 saturated heterocycles. The van der Waals surface area contributed by atoms with Crippen molar-refractivity contribution in [1.82, 2.24) is 0 Å². The molecule has 124 valence electrons. The first kappa shape index (κ1) is 17.3. The van der Waals surface area contributed by atoms with Crippen LogP contribution in [0.15, 0.2) is 24.3 Å². The van der Waals surface area contributed by atoms with Crippen LogP contribution in [0.1, 0.15) is 40.0 Å². The number of hydrogen-bond acceptors (Lipinski definition) is 5. The second-order valence-electron chi connectivity index (χ2n) is 6.21. The Morgan fingerprint density at radius 3 is 2.77 bits per heavy atom. The predicted molar refractivity (Wildman–Crippen MR) is 82.1 cm³/mol. The Balaban J connectivity index is 2.13. The Morgan fingerprint density at radius 2 is 2.18 bits per heavy atom. The number of hydrogen-bond donors (Lipinski definition) is 2. The number of rotatable bonds is 7. The molecule has 5 heteroatoms. The molecule has 5 nitrogen and oxygen atoms in total. The van der Waals surface area contributed by atoms with Gasteiger partial charge in [-0.1, -0.05) is 32.6 Å². The summed E-state index contributed by atoms with van der Waals surface area (Å²) in [6.45, 7) is 9.56. The Labute approximate surface area is 131 Å². The SMILES string of the molecule is C=C(C(O)CC(=O)CC)[C@]12CC(O)[C@H](O1)C(C(C)/C=C\C)O2. The van der Waals surface area contributed by atoms with E-state index in [4.69, 9.17) is 9.47 Å². The molecule has 22 heavy (non-hydrogen) atoms. The zero-order chi connectivity index (χ0) is 16.5. The Kier molecular flexibility index (Phi) is 5.22. The van der Waals surface area contributed by atoms with E-state index < -0.39 is 24.1 Å². The molecule has 2 N–H and O–H groups in total. The molecule has 2 bridgehead atoms. The summed E-state index contributed by atoms with van der Waals surface area (Å²) >= 11 is 0. The minimum absolute atomic E-state index is 0.000349. The third-order valence-corrected chi connectivity index (χ3v) is 4.55. The molecular weight excluding hydrogens is 284 g/mol. The van der Waals surface area contributed by atoms with Gasteiger partial charge in [-0.3, -0.25) is 4.79 Å². The number of aliphatic hydroxyl groups excluding tert-OH is 2. The Hall–Kier alpha value is -1.01. The summed E-state index contributed by atoms with van der Waals surface area (Å²) in [5.41, 5.74) is 0.325. The fraction of sp³-hybridized carbons (Fsp3) is 0.706. The molecule has 0 aliphatic carbocycles. The highest BCUT2D eigenvalue weighted by Gasteiger charge is 2.61. The lowest BCUT2D eigenvalue weighted by molar-refractivity contribution is -0.147. The lowest BCUT2D eigenvalue weighted by atomic mass is 9.88. The van der Waals surface area contributed by atoms with Gasteiger partial charge < -0.3 is 19.7 Å². The van der Waals surface area contributed by atoms with Gasteiger partial charge >= 0.3 is 0 Å². The summed E-state index contributed by atoms with van der Waals surface area (Å²) in [6, 6.07) is 0. The molecule has 0 saturated carbocycles. The number of carbonyl (C=O) groups is 1. The third kappa shape index (κ3) is 3.04. The molecule has 0 aromatic heterocycles. The fourth-order valence-electron chi connectivity index (χ4n) is 3.23. The lowest BCUT2D eigenvalue weighted by Gasteiger charge is -2.34. The first-order valence-electron chi connectivity index (χ1n) is 7.90. The number of aliphatic hydroxyl groups is 2. The minimum atomic E-state index is -1.18. The van der Waals surface area contributed by atoms with E-state index >= 15 is 0 Å². The maximum Gasteiger partial charge on any atom is 0.196 e. The van der Waals surface area contributed by atoms with E-state index in [1.807, 2.05) is 26.0 Å². The monoisotopic (exact) mass is 310 g/mol. The zero-order valence-electron chi connectivity index (χ0n) is 13.5. The van der Waals surface area contributed by atoms with Gasteiger partial charge in [0, 0.05) is 30.8 Å². The highest BCUT2D eigenvalue weighted by molar-refractivity contribution is 5.78. The van der Waals surface area contributed by atoms with Crippen LogP contribution in [0.4, 0.5) is 0 Å². The van der Waals surface area contributed by atoms with Crippen LogP contribution in [0.25, 0.3) is 0 Å². The molecule has 2 rings (SSSR count). The summed E-state index contributed by atoms with van der Waals surface area (Å²) in [6.07, 6.45) is 2.14. The van der Waals surface area contributed by atoms with E-state index in [2.05, 4.69) is 6.58 Å².